The average Bonchev–Trinajstić information content (AvgIpc) is 2.67. The van der Waals surface area contributed by atoms with Crippen molar-refractivity contribution in [3.8, 4) is 0 Å². The first kappa shape index (κ1) is 20.2. The van der Waals surface area contributed by atoms with E-state index in [4.69, 9.17) is 0 Å². The summed E-state index contributed by atoms with van der Waals surface area (Å²) in [5.41, 5.74) is 2.88. The van der Waals surface area contributed by atoms with Crippen LogP contribution in [0.3, 0.4) is 0 Å². The van der Waals surface area contributed by atoms with Crippen LogP contribution < -0.4 is 10.6 Å². The predicted molar refractivity (Wildman–Crippen MR) is 105 cm³/mol. The van der Waals surface area contributed by atoms with Crippen molar-refractivity contribution in [3.63, 3.8) is 0 Å². The van der Waals surface area contributed by atoms with E-state index in [0.717, 1.165) is 11.1 Å². The Bertz CT molecular complexity index is 829. The molecule has 2 aromatic rings. The summed E-state index contributed by atoms with van der Waals surface area (Å²) in [6, 6.07) is 14.3. The Morgan fingerprint density at radius 3 is 2.30 bits per heavy atom. The molecule has 0 aliphatic rings. The minimum atomic E-state index is -0.768. The van der Waals surface area contributed by atoms with Crippen LogP contribution in [0.4, 0.5) is 5.69 Å². The Balaban J connectivity index is 1.97. The number of benzene rings is 2. The normalized spacial score (nSPS) is 10.2. The number of hydrogen-bond donors (Lipinski definition) is 2. The molecule has 0 spiro atoms. The lowest BCUT2D eigenvalue weighted by Gasteiger charge is -2.19. The highest BCUT2D eigenvalue weighted by Crippen LogP contribution is 2.13. The molecule has 27 heavy (non-hydrogen) atoms. The SMILES string of the molecule is CCN(CC)C(=O)c1cccc(NC(=O)C(=O)NCc2cccc(C)c2)c1. The Labute approximate surface area is 159 Å². The van der Waals surface area contributed by atoms with E-state index >= 15 is 0 Å². The Morgan fingerprint density at radius 2 is 1.63 bits per heavy atom. The number of aryl methyl sites for hydroxylation is 1. The van der Waals surface area contributed by atoms with Crippen molar-refractivity contribution in [2.24, 2.45) is 0 Å². The zero-order valence-electron chi connectivity index (χ0n) is 15.9. The van der Waals surface area contributed by atoms with Gasteiger partial charge < -0.3 is 15.5 Å². The second-order valence-corrected chi connectivity index (χ2v) is 6.18. The van der Waals surface area contributed by atoms with Crippen LogP contribution in [0.1, 0.15) is 35.3 Å². The van der Waals surface area contributed by atoms with E-state index in [1.165, 1.54) is 0 Å². The maximum absolute atomic E-state index is 12.4. The summed E-state index contributed by atoms with van der Waals surface area (Å²) >= 11 is 0. The van der Waals surface area contributed by atoms with E-state index in [9.17, 15) is 14.4 Å². The summed E-state index contributed by atoms with van der Waals surface area (Å²) in [6.45, 7) is 7.26. The largest absolute Gasteiger partial charge is 0.344 e. The molecule has 0 saturated carbocycles. The van der Waals surface area contributed by atoms with Crippen LogP contribution in [-0.2, 0) is 16.1 Å². The molecule has 6 heteroatoms. The summed E-state index contributed by atoms with van der Waals surface area (Å²) in [5.74, 6) is -1.60. The molecule has 0 aliphatic heterocycles. The van der Waals surface area contributed by atoms with Crippen LogP contribution in [0.15, 0.2) is 48.5 Å². The quantitative estimate of drug-likeness (QED) is 0.771. The van der Waals surface area contributed by atoms with Gasteiger partial charge in [0.15, 0.2) is 0 Å². The Hall–Kier alpha value is -3.15. The molecule has 0 atom stereocenters. The lowest BCUT2D eigenvalue weighted by atomic mass is 10.1. The molecule has 0 aliphatic carbocycles. The smallest absolute Gasteiger partial charge is 0.313 e. The summed E-state index contributed by atoms with van der Waals surface area (Å²) in [7, 11) is 0. The van der Waals surface area contributed by atoms with Gasteiger partial charge in [0.05, 0.1) is 0 Å². The topological polar surface area (TPSA) is 78.5 Å². The standard InChI is InChI=1S/C21H25N3O3/c1-4-24(5-2)21(27)17-10-7-11-18(13-17)23-20(26)19(25)22-14-16-9-6-8-15(3)12-16/h6-13H,4-5,14H2,1-3H3,(H,22,25)(H,23,26). The molecule has 0 bridgehead atoms. The monoisotopic (exact) mass is 367 g/mol. The van der Waals surface area contributed by atoms with Crippen LogP contribution in [0.2, 0.25) is 0 Å². The summed E-state index contributed by atoms with van der Waals surface area (Å²) in [5, 5.41) is 5.13. The Morgan fingerprint density at radius 1 is 0.926 bits per heavy atom. The van der Waals surface area contributed by atoms with Crippen LogP contribution in [-0.4, -0.2) is 35.7 Å². The fourth-order valence-corrected chi connectivity index (χ4v) is 2.70. The van der Waals surface area contributed by atoms with Crippen LogP contribution in [0.5, 0.6) is 0 Å². The van der Waals surface area contributed by atoms with Gasteiger partial charge in [0.2, 0.25) is 0 Å². The minimum Gasteiger partial charge on any atom is -0.344 e. The van der Waals surface area contributed by atoms with Gasteiger partial charge in [0, 0.05) is 30.9 Å². The van der Waals surface area contributed by atoms with E-state index in [-0.39, 0.29) is 12.5 Å². The molecule has 0 radical (unpaired) electrons. The van der Waals surface area contributed by atoms with Crippen molar-refractivity contribution >= 4 is 23.4 Å². The first-order valence-corrected chi connectivity index (χ1v) is 8.98. The van der Waals surface area contributed by atoms with Crippen molar-refractivity contribution in [2.75, 3.05) is 18.4 Å². The van der Waals surface area contributed by atoms with Crippen LogP contribution >= 0.6 is 0 Å². The van der Waals surface area contributed by atoms with Gasteiger partial charge in [-0.15, -0.1) is 0 Å². The van der Waals surface area contributed by atoms with E-state index in [1.807, 2.05) is 45.0 Å². The third-order valence-electron chi connectivity index (χ3n) is 4.16. The molecule has 0 aromatic heterocycles. The highest BCUT2D eigenvalue weighted by molar-refractivity contribution is 6.39. The molecule has 3 amide bonds. The molecule has 0 saturated heterocycles. The summed E-state index contributed by atoms with van der Waals surface area (Å²) in [6.07, 6.45) is 0. The molecule has 6 nitrogen and oxygen atoms in total. The third-order valence-corrected chi connectivity index (χ3v) is 4.16. The van der Waals surface area contributed by atoms with Crippen molar-refractivity contribution in [3.05, 3.63) is 65.2 Å². The van der Waals surface area contributed by atoms with Crippen molar-refractivity contribution < 1.29 is 14.4 Å². The number of nitrogens with one attached hydrogen (secondary N) is 2. The summed E-state index contributed by atoms with van der Waals surface area (Å²) < 4.78 is 0. The summed E-state index contributed by atoms with van der Waals surface area (Å²) in [4.78, 5) is 38.2. The van der Waals surface area contributed by atoms with Crippen LogP contribution in [0.25, 0.3) is 0 Å². The lowest BCUT2D eigenvalue weighted by molar-refractivity contribution is -0.136. The van der Waals surface area contributed by atoms with Gasteiger partial charge >= 0.3 is 11.8 Å². The Kier molecular flexibility index (Phi) is 7.11. The van der Waals surface area contributed by atoms with Gasteiger partial charge in [-0.25, -0.2) is 0 Å². The number of rotatable bonds is 6. The second-order valence-electron chi connectivity index (χ2n) is 6.18. The highest BCUT2D eigenvalue weighted by atomic mass is 16.2. The molecular weight excluding hydrogens is 342 g/mol. The average molecular weight is 367 g/mol. The van der Waals surface area contributed by atoms with Gasteiger partial charge in [-0.2, -0.15) is 0 Å². The molecular formula is C21H25N3O3. The van der Waals surface area contributed by atoms with Gasteiger partial charge in [0.1, 0.15) is 0 Å². The zero-order valence-corrected chi connectivity index (χ0v) is 15.9. The van der Waals surface area contributed by atoms with E-state index in [2.05, 4.69) is 10.6 Å². The van der Waals surface area contributed by atoms with Crippen molar-refractivity contribution in [1.82, 2.24) is 10.2 Å². The molecule has 142 valence electrons. The first-order valence-electron chi connectivity index (χ1n) is 8.98. The fourth-order valence-electron chi connectivity index (χ4n) is 2.70. The molecule has 0 fully saturated rings. The van der Waals surface area contributed by atoms with E-state index < -0.39 is 11.8 Å². The number of amides is 3. The van der Waals surface area contributed by atoms with Gasteiger partial charge in [-0.3, -0.25) is 14.4 Å². The van der Waals surface area contributed by atoms with Crippen molar-refractivity contribution in [2.45, 2.75) is 27.3 Å². The first-order chi connectivity index (χ1) is 12.9. The van der Waals surface area contributed by atoms with Gasteiger partial charge in [-0.05, 0) is 44.5 Å². The molecule has 0 heterocycles. The predicted octanol–water partition coefficient (Wildman–Crippen LogP) is 2.73. The minimum absolute atomic E-state index is 0.111. The van der Waals surface area contributed by atoms with Gasteiger partial charge in [-0.1, -0.05) is 35.9 Å². The second kappa shape index (κ2) is 9.52. The van der Waals surface area contributed by atoms with Gasteiger partial charge in [0.25, 0.3) is 5.91 Å². The maximum Gasteiger partial charge on any atom is 0.313 e. The molecule has 2 N–H and O–H groups in total. The molecule has 0 unspecified atom stereocenters. The fraction of sp³-hybridized carbons (Fsp3) is 0.286. The lowest BCUT2D eigenvalue weighted by Crippen LogP contribution is -2.35. The van der Waals surface area contributed by atoms with E-state index in [1.54, 1.807) is 29.2 Å². The number of anilines is 1. The number of hydrogen-bond acceptors (Lipinski definition) is 3. The third kappa shape index (κ3) is 5.67. The maximum atomic E-state index is 12.4. The number of carbonyl (C=O) groups excluding carboxylic acids is 3. The van der Waals surface area contributed by atoms with Crippen molar-refractivity contribution in [1.29, 1.82) is 0 Å². The number of carbonyl (C=O) groups is 3. The zero-order chi connectivity index (χ0) is 19.8. The molecule has 2 rings (SSSR count). The highest BCUT2D eigenvalue weighted by Gasteiger charge is 2.16. The number of nitrogens with zero attached hydrogens (tertiary/aromatic N) is 1. The molecule has 2 aromatic carbocycles. The van der Waals surface area contributed by atoms with E-state index in [0.29, 0.717) is 24.3 Å². The van der Waals surface area contributed by atoms with Crippen LogP contribution in [0, 0.1) is 6.92 Å².